The van der Waals surface area contributed by atoms with E-state index in [9.17, 15) is 9.18 Å². The fraction of sp³-hybridized carbons (Fsp3) is 0.357. The van der Waals surface area contributed by atoms with Crippen LogP contribution in [0.15, 0.2) is 35.6 Å². The summed E-state index contributed by atoms with van der Waals surface area (Å²) in [4.78, 5) is 13.9. The molecule has 0 aliphatic heterocycles. The van der Waals surface area contributed by atoms with Gasteiger partial charge in [0.1, 0.15) is 12.4 Å². The Labute approximate surface area is 131 Å². The Morgan fingerprint density at radius 3 is 2.65 bits per heavy atom. The van der Waals surface area contributed by atoms with Gasteiger partial charge in [-0.1, -0.05) is 22.5 Å². The SMILES string of the molecule is CO[C@H](c1ccc(-n2cc(C(C)=O)nn2)cc1)C(CF)N=[N+]=[N-]. The summed E-state index contributed by atoms with van der Waals surface area (Å²) >= 11 is 0. The van der Waals surface area contributed by atoms with Gasteiger partial charge in [0.05, 0.1) is 24.0 Å². The molecule has 1 heterocycles. The highest BCUT2D eigenvalue weighted by Crippen LogP contribution is 2.24. The molecular weight excluding hydrogens is 303 g/mol. The molecule has 2 atom stereocenters. The van der Waals surface area contributed by atoms with E-state index in [0.29, 0.717) is 11.3 Å². The van der Waals surface area contributed by atoms with Crippen LogP contribution in [0.25, 0.3) is 16.1 Å². The lowest BCUT2D eigenvalue weighted by atomic mass is 10.0. The number of hydrogen-bond acceptors (Lipinski definition) is 5. The zero-order valence-electron chi connectivity index (χ0n) is 12.6. The molecular formula is C14H15FN6O2. The van der Waals surface area contributed by atoms with Crippen LogP contribution in [0.5, 0.6) is 0 Å². The summed E-state index contributed by atoms with van der Waals surface area (Å²) in [6.45, 7) is 0.586. The third-order valence-corrected chi connectivity index (χ3v) is 3.30. The van der Waals surface area contributed by atoms with Crippen molar-refractivity contribution in [3.63, 3.8) is 0 Å². The number of nitrogens with zero attached hydrogens (tertiary/aromatic N) is 6. The lowest BCUT2D eigenvalue weighted by Crippen LogP contribution is -2.20. The van der Waals surface area contributed by atoms with Gasteiger partial charge in [-0.2, -0.15) is 0 Å². The van der Waals surface area contributed by atoms with Crippen LogP contribution in [0.1, 0.15) is 29.1 Å². The van der Waals surface area contributed by atoms with Crippen molar-refractivity contribution >= 4 is 5.78 Å². The van der Waals surface area contributed by atoms with Gasteiger partial charge in [0.25, 0.3) is 0 Å². The molecule has 1 aromatic carbocycles. The quantitative estimate of drug-likeness (QED) is 0.338. The summed E-state index contributed by atoms with van der Waals surface area (Å²) in [6.07, 6.45) is 0.837. The minimum atomic E-state index is -0.938. The van der Waals surface area contributed by atoms with Gasteiger partial charge in [-0.15, -0.1) is 5.10 Å². The van der Waals surface area contributed by atoms with E-state index in [1.54, 1.807) is 24.3 Å². The van der Waals surface area contributed by atoms with Gasteiger partial charge < -0.3 is 4.74 Å². The Hall–Kier alpha value is -2.77. The molecule has 0 fully saturated rings. The topological polar surface area (TPSA) is 106 Å². The molecule has 2 rings (SSSR count). The highest BCUT2D eigenvalue weighted by molar-refractivity contribution is 5.91. The maximum Gasteiger partial charge on any atom is 0.181 e. The highest BCUT2D eigenvalue weighted by Gasteiger charge is 2.22. The normalized spacial score (nSPS) is 13.2. The van der Waals surface area contributed by atoms with Crippen molar-refractivity contribution in [3.8, 4) is 5.69 Å². The van der Waals surface area contributed by atoms with Gasteiger partial charge >= 0.3 is 0 Å². The van der Waals surface area contributed by atoms with Crippen molar-refractivity contribution in [1.29, 1.82) is 0 Å². The summed E-state index contributed by atoms with van der Waals surface area (Å²) in [5, 5.41) is 11.0. The summed E-state index contributed by atoms with van der Waals surface area (Å²) in [5.41, 5.74) is 10.1. The second kappa shape index (κ2) is 7.48. The molecule has 1 aromatic heterocycles. The summed E-state index contributed by atoms with van der Waals surface area (Å²) in [6, 6.07) is 5.95. The van der Waals surface area contributed by atoms with Crippen molar-refractivity contribution in [1.82, 2.24) is 15.0 Å². The van der Waals surface area contributed by atoms with Crippen LogP contribution in [0.4, 0.5) is 4.39 Å². The molecule has 0 saturated carbocycles. The van der Waals surface area contributed by atoms with E-state index in [0.717, 1.165) is 0 Å². The Kier molecular flexibility index (Phi) is 5.40. The summed E-state index contributed by atoms with van der Waals surface area (Å²) in [5.74, 6) is -0.174. The van der Waals surface area contributed by atoms with Crippen LogP contribution < -0.4 is 0 Å². The van der Waals surface area contributed by atoms with Gasteiger partial charge in [-0.05, 0) is 23.2 Å². The van der Waals surface area contributed by atoms with E-state index in [4.69, 9.17) is 10.3 Å². The Balaban J connectivity index is 2.26. The van der Waals surface area contributed by atoms with Crippen LogP contribution in [-0.2, 0) is 4.74 Å². The zero-order chi connectivity index (χ0) is 16.8. The van der Waals surface area contributed by atoms with E-state index in [1.807, 2.05) is 0 Å². The number of halogens is 1. The number of benzene rings is 1. The highest BCUT2D eigenvalue weighted by atomic mass is 19.1. The second-order valence-electron chi connectivity index (χ2n) is 4.78. The number of Topliss-reactive ketones (excluding diaryl/α,β-unsaturated/α-hetero) is 1. The number of carbonyl (C=O) groups is 1. The fourth-order valence-electron chi connectivity index (χ4n) is 2.12. The maximum absolute atomic E-state index is 13.0. The smallest absolute Gasteiger partial charge is 0.181 e. The van der Waals surface area contributed by atoms with E-state index < -0.39 is 18.8 Å². The molecule has 8 nitrogen and oxygen atoms in total. The van der Waals surface area contributed by atoms with Gasteiger partial charge in [-0.3, -0.25) is 9.18 Å². The van der Waals surface area contributed by atoms with Crippen molar-refractivity contribution in [2.75, 3.05) is 13.8 Å². The van der Waals surface area contributed by atoms with E-state index in [1.165, 1.54) is 24.9 Å². The first kappa shape index (κ1) is 16.6. The van der Waals surface area contributed by atoms with Crippen LogP contribution in [0.3, 0.4) is 0 Å². The maximum atomic E-state index is 13.0. The first-order chi connectivity index (χ1) is 11.1. The van der Waals surface area contributed by atoms with E-state index >= 15 is 0 Å². The molecule has 1 unspecified atom stereocenters. The summed E-state index contributed by atoms with van der Waals surface area (Å²) < 4.78 is 19.7. The standard InChI is InChI=1S/C14H15FN6O2/c1-9(22)13-8-21(20-18-13)11-5-3-10(4-6-11)14(23-2)12(7-15)17-19-16/h3-6,8,12,14H,7H2,1-2H3/t12?,14-/m1/s1. The van der Waals surface area contributed by atoms with Crippen LogP contribution in [0.2, 0.25) is 0 Å². The van der Waals surface area contributed by atoms with Crippen molar-refractivity contribution in [3.05, 3.63) is 52.2 Å². The average Bonchev–Trinajstić information content (AvgIpc) is 3.05. The van der Waals surface area contributed by atoms with Gasteiger partial charge in [0.2, 0.25) is 0 Å². The summed E-state index contributed by atoms with van der Waals surface area (Å²) in [7, 11) is 1.42. The molecule has 0 spiro atoms. The number of rotatable bonds is 7. The van der Waals surface area contributed by atoms with Crippen molar-refractivity contribution < 1.29 is 13.9 Å². The molecule has 0 saturated heterocycles. The molecule has 0 radical (unpaired) electrons. The van der Waals surface area contributed by atoms with Crippen molar-refractivity contribution in [2.24, 2.45) is 5.11 Å². The molecule has 23 heavy (non-hydrogen) atoms. The number of azide groups is 1. The number of methoxy groups -OCH3 is 1. The number of aromatic nitrogens is 3. The third-order valence-electron chi connectivity index (χ3n) is 3.30. The monoisotopic (exact) mass is 318 g/mol. The van der Waals surface area contributed by atoms with Crippen LogP contribution in [0, 0.1) is 0 Å². The van der Waals surface area contributed by atoms with Crippen LogP contribution in [-0.4, -0.2) is 40.6 Å². The molecule has 2 aromatic rings. The minimum absolute atomic E-state index is 0.174. The number of ketones is 1. The number of alkyl halides is 1. The third kappa shape index (κ3) is 3.71. The van der Waals surface area contributed by atoms with E-state index in [2.05, 4.69) is 20.3 Å². The first-order valence-corrected chi connectivity index (χ1v) is 6.77. The lowest BCUT2D eigenvalue weighted by molar-refractivity contribution is 0.0722. The first-order valence-electron chi connectivity index (χ1n) is 6.77. The zero-order valence-corrected chi connectivity index (χ0v) is 12.6. The predicted molar refractivity (Wildman–Crippen MR) is 80.0 cm³/mol. The van der Waals surface area contributed by atoms with Gasteiger partial charge in [0.15, 0.2) is 5.78 Å². The largest absolute Gasteiger partial charge is 0.376 e. The van der Waals surface area contributed by atoms with Gasteiger partial charge in [0, 0.05) is 18.9 Å². The van der Waals surface area contributed by atoms with E-state index in [-0.39, 0.29) is 11.5 Å². The predicted octanol–water partition coefficient (Wildman–Crippen LogP) is 2.81. The Morgan fingerprint density at radius 2 is 2.17 bits per heavy atom. The number of carbonyl (C=O) groups excluding carboxylic acids is 1. The Morgan fingerprint density at radius 1 is 1.48 bits per heavy atom. The molecule has 0 aliphatic carbocycles. The number of ether oxygens (including phenoxy) is 1. The molecule has 9 heteroatoms. The molecule has 0 amide bonds. The Bertz CT molecular complexity index is 723. The average molecular weight is 318 g/mol. The van der Waals surface area contributed by atoms with Crippen molar-refractivity contribution in [2.45, 2.75) is 19.1 Å². The minimum Gasteiger partial charge on any atom is -0.376 e. The fourth-order valence-corrected chi connectivity index (χ4v) is 2.12. The van der Waals surface area contributed by atoms with Crippen LogP contribution >= 0.6 is 0 Å². The second-order valence-corrected chi connectivity index (χ2v) is 4.78. The number of hydrogen-bond donors (Lipinski definition) is 0. The molecule has 0 aliphatic rings. The molecule has 120 valence electrons. The van der Waals surface area contributed by atoms with Gasteiger partial charge in [-0.25, -0.2) is 4.68 Å². The lowest BCUT2D eigenvalue weighted by Gasteiger charge is -2.20. The molecule has 0 N–H and O–H groups in total. The molecule has 0 bridgehead atoms.